The third kappa shape index (κ3) is 4.06. The van der Waals surface area contributed by atoms with Crippen LogP contribution in [-0.4, -0.2) is 18.1 Å². The number of hydrogen-bond acceptors (Lipinski definition) is 2. The van der Waals surface area contributed by atoms with Crippen molar-refractivity contribution in [1.29, 1.82) is 0 Å². The summed E-state index contributed by atoms with van der Waals surface area (Å²) >= 11 is 2.00. The van der Waals surface area contributed by atoms with Crippen LogP contribution in [0, 0.1) is 0 Å². The third-order valence-electron chi connectivity index (χ3n) is 0.895. The first-order valence-corrected chi connectivity index (χ1v) is 4.12. The molecule has 1 saturated heterocycles. The molecule has 2 rings (SSSR count). The summed E-state index contributed by atoms with van der Waals surface area (Å²) in [7, 11) is 0. The Balaban J connectivity index is 0.0000000907. The fourth-order valence-corrected chi connectivity index (χ4v) is 0.417. The Morgan fingerprint density at radius 3 is 2.25 bits per heavy atom. The zero-order chi connectivity index (χ0) is 5.66. The highest BCUT2D eigenvalue weighted by Crippen LogP contribution is 2.14. The van der Waals surface area contributed by atoms with Crippen molar-refractivity contribution in [2.24, 2.45) is 0 Å². The molecule has 46 valence electrons. The first kappa shape index (κ1) is 6.02. The molecule has 0 amide bonds. The molecule has 2 aliphatic heterocycles. The molecule has 0 spiro atoms. The van der Waals surface area contributed by atoms with Crippen LogP contribution in [0.15, 0.2) is 12.3 Å². The van der Waals surface area contributed by atoms with Crippen molar-refractivity contribution < 1.29 is 0 Å². The second-order valence-electron chi connectivity index (χ2n) is 1.76. The maximum Gasteiger partial charge on any atom is 0.0176 e. The SMILES string of the molecule is C1=CNCC1.C1CS1. The molecule has 0 aromatic carbocycles. The molecule has 1 N–H and O–H groups in total. The molecule has 0 aliphatic carbocycles. The molecule has 0 bridgehead atoms. The van der Waals surface area contributed by atoms with E-state index in [1.807, 2.05) is 18.0 Å². The van der Waals surface area contributed by atoms with Gasteiger partial charge in [0.1, 0.15) is 0 Å². The summed E-state index contributed by atoms with van der Waals surface area (Å²) < 4.78 is 0. The van der Waals surface area contributed by atoms with Gasteiger partial charge in [-0.2, -0.15) is 11.8 Å². The summed E-state index contributed by atoms with van der Waals surface area (Å²) in [6.07, 6.45) is 5.32. The van der Waals surface area contributed by atoms with Gasteiger partial charge in [0.05, 0.1) is 0 Å². The highest BCUT2D eigenvalue weighted by molar-refractivity contribution is 8.06. The summed E-state index contributed by atoms with van der Waals surface area (Å²) in [5, 5.41) is 3.04. The summed E-state index contributed by atoms with van der Waals surface area (Å²) in [5.41, 5.74) is 0. The van der Waals surface area contributed by atoms with Crippen molar-refractivity contribution in [3.05, 3.63) is 12.3 Å². The topological polar surface area (TPSA) is 12.0 Å². The number of nitrogens with one attached hydrogen (secondary N) is 1. The van der Waals surface area contributed by atoms with Crippen molar-refractivity contribution in [3.8, 4) is 0 Å². The van der Waals surface area contributed by atoms with E-state index in [0.29, 0.717) is 0 Å². The molecule has 0 unspecified atom stereocenters. The Hall–Kier alpha value is -0.110. The molecular weight excluding hydrogens is 118 g/mol. The van der Waals surface area contributed by atoms with Crippen LogP contribution >= 0.6 is 11.8 Å². The maximum absolute atomic E-state index is 3.04. The lowest BCUT2D eigenvalue weighted by atomic mass is 10.5. The van der Waals surface area contributed by atoms with E-state index in [2.05, 4.69) is 11.4 Å². The molecule has 0 saturated carbocycles. The predicted octanol–water partition coefficient (Wildman–Crippen LogP) is 1.23. The van der Waals surface area contributed by atoms with Gasteiger partial charge in [0.25, 0.3) is 0 Å². The van der Waals surface area contributed by atoms with Crippen molar-refractivity contribution in [2.75, 3.05) is 18.1 Å². The molecule has 2 heterocycles. The van der Waals surface area contributed by atoms with Crippen LogP contribution < -0.4 is 5.32 Å². The fraction of sp³-hybridized carbons (Fsp3) is 0.667. The van der Waals surface area contributed by atoms with Gasteiger partial charge >= 0.3 is 0 Å². The van der Waals surface area contributed by atoms with E-state index < -0.39 is 0 Å². The highest BCUT2D eigenvalue weighted by Gasteiger charge is 1.95. The van der Waals surface area contributed by atoms with Crippen LogP contribution in [-0.2, 0) is 0 Å². The number of rotatable bonds is 0. The van der Waals surface area contributed by atoms with Crippen molar-refractivity contribution in [3.63, 3.8) is 0 Å². The van der Waals surface area contributed by atoms with E-state index in [4.69, 9.17) is 0 Å². The quantitative estimate of drug-likeness (QED) is 0.494. The second-order valence-corrected chi connectivity index (χ2v) is 2.98. The van der Waals surface area contributed by atoms with Crippen molar-refractivity contribution in [2.45, 2.75) is 6.42 Å². The lowest BCUT2D eigenvalue weighted by Crippen LogP contribution is -1.96. The standard InChI is InChI=1S/C4H7N.C2H4S/c1-2-4-5-3-1;1-2-3-1/h1,3,5H,2,4H2;1-2H2. The van der Waals surface area contributed by atoms with Crippen LogP contribution in [0.3, 0.4) is 0 Å². The van der Waals surface area contributed by atoms with E-state index in [9.17, 15) is 0 Å². The smallest absolute Gasteiger partial charge is 0.0176 e. The zero-order valence-electron chi connectivity index (χ0n) is 4.89. The summed E-state index contributed by atoms with van der Waals surface area (Å²) in [6.45, 7) is 1.14. The Morgan fingerprint density at radius 1 is 1.38 bits per heavy atom. The van der Waals surface area contributed by atoms with Gasteiger partial charge in [-0.3, -0.25) is 0 Å². The van der Waals surface area contributed by atoms with Crippen molar-refractivity contribution in [1.82, 2.24) is 5.32 Å². The van der Waals surface area contributed by atoms with Gasteiger partial charge in [0.15, 0.2) is 0 Å². The van der Waals surface area contributed by atoms with Crippen LogP contribution in [0.4, 0.5) is 0 Å². The first-order chi connectivity index (χ1) is 4.00. The van der Waals surface area contributed by atoms with Gasteiger partial charge in [-0.1, -0.05) is 6.08 Å². The molecule has 1 fully saturated rings. The minimum absolute atomic E-state index is 1.14. The normalized spacial score (nSPS) is 21.0. The van der Waals surface area contributed by atoms with E-state index in [0.717, 1.165) is 6.54 Å². The van der Waals surface area contributed by atoms with E-state index >= 15 is 0 Å². The monoisotopic (exact) mass is 129 g/mol. The van der Waals surface area contributed by atoms with Crippen LogP contribution in [0.5, 0.6) is 0 Å². The average molecular weight is 129 g/mol. The van der Waals surface area contributed by atoms with Crippen molar-refractivity contribution >= 4 is 11.8 Å². The molecule has 1 nitrogen and oxygen atoms in total. The molecule has 2 heteroatoms. The minimum Gasteiger partial charge on any atom is -0.391 e. The highest BCUT2D eigenvalue weighted by atomic mass is 32.2. The average Bonchev–Trinajstić information content (AvgIpc) is 2.55. The number of thioether (sulfide) groups is 1. The molecular formula is C6H11NS. The van der Waals surface area contributed by atoms with Gasteiger partial charge in [0, 0.05) is 18.1 Å². The zero-order valence-corrected chi connectivity index (χ0v) is 5.71. The Bertz CT molecular complexity index is 69.8. The first-order valence-electron chi connectivity index (χ1n) is 2.96. The van der Waals surface area contributed by atoms with E-state index in [1.54, 1.807) is 0 Å². The Kier molecular flexibility index (Phi) is 2.89. The predicted molar refractivity (Wildman–Crippen MR) is 39.1 cm³/mol. The molecule has 0 radical (unpaired) electrons. The molecule has 8 heavy (non-hydrogen) atoms. The number of hydrogen-bond donors (Lipinski definition) is 1. The molecule has 0 atom stereocenters. The Labute approximate surface area is 54.5 Å². The minimum atomic E-state index is 1.14. The summed E-state index contributed by atoms with van der Waals surface area (Å²) in [4.78, 5) is 0. The summed E-state index contributed by atoms with van der Waals surface area (Å²) in [6, 6.07) is 0. The van der Waals surface area contributed by atoms with Crippen LogP contribution in [0.2, 0.25) is 0 Å². The second kappa shape index (κ2) is 3.84. The lowest BCUT2D eigenvalue weighted by Gasteiger charge is -1.78. The summed E-state index contributed by atoms with van der Waals surface area (Å²) in [5.74, 6) is 2.83. The van der Waals surface area contributed by atoms with Crippen LogP contribution in [0.1, 0.15) is 6.42 Å². The van der Waals surface area contributed by atoms with E-state index in [-0.39, 0.29) is 0 Å². The largest absolute Gasteiger partial charge is 0.391 e. The molecule has 0 aromatic rings. The van der Waals surface area contributed by atoms with Gasteiger partial charge in [-0.05, 0) is 12.6 Å². The molecule has 0 aromatic heterocycles. The van der Waals surface area contributed by atoms with Crippen LogP contribution in [0.25, 0.3) is 0 Å². The van der Waals surface area contributed by atoms with Gasteiger partial charge < -0.3 is 5.32 Å². The fourth-order valence-electron chi connectivity index (χ4n) is 0.417. The van der Waals surface area contributed by atoms with Gasteiger partial charge in [0.2, 0.25) is 0 Å². The van der Waals surface area contributed by atoms with Gasteiger partial charge in [-0.15, -0.1) is 0 Å². The third-order valence-corrected chi connectivity index (χ3v) is 1.30. The lowest BCUT2D eigenvalue weighted by molar-refractivity contribution is 0.917. The Morgan fingerprint density at radius 2 is 2.12 bits per heavy atom. The van der Waals surface area contributed by atoms with E-state index in [1.165, 1.54) is 17.9 Å². The maximum atomic E-state index is 3.04. The van der Waals surface area contributed by atoms with Gasteiger partial charge in [-0.25, -0.2) is 0 Å². The molecule has 2 aliphatic rings.